The van der Waals surface area contributed by atoms with E-state index in [9.17, 15) is 4.79 Å². The molecular weight excluding hydrogens is 402 g/mol. The Kier molecular flexibility index (Phi) is 6.32. The van der Waals surface area contributed by atoms with Gasteiger partial charge in [0.2, 0.25) is 5.91 Å². The molecule has 1 fully saturated rings. The summed E-state index contributed by atoms with van der Waals surface area (Å²) in [5, 5.41) is 11.1. The minimum atomic E-state index is 0.167. The number of piperazine rings is 1. The molecule has 3 heterocycles. The summed E-state index contributed by atoms with van der Waals surface area (Å²) in [5.74, 6) is 0.550. The Hall–Kier alpha value is -2.16. The van der Waals surface area contributed by atoms with Crippen molar-refractivity contribution in [2.45, 2.75) is 25.5 Å². The van der Waals surface area contributed by atoms with E-state index >= 15 is 0 Å². The van der Waals surface area contributed by atoms with Gasteiger partial charge in [0.25, 0.3) is 0 Å². The van der Waals surface area contributed by atoms with Crippen molar-refractivity contribution in [3.63, 3.8) is 0 Å². The summed E-state index contributed by atoms with van der Waals surface area (Å²) < 4.78 is 1.95. The van der Waals surface area contributed by atoms with Gasteiger partial charge >= 0.3 is 0 Å². The molecule has 1 aliphatic heterocycles. The number of rotatable bonds is 6. The molecule has 6 nitrogen and oxygen atoms in total. The lowest BCUT2D eigenvalue weighted by atomic mass is 10.1. The van der Waals surface area contributed by atoms with Crippen molar-refractivity contribution < 1.29 is 4.79 Å². The molecule has 152 valence electrons. The molecule has 0 saturated carbocycles. The van der Waals surface area contributed by atoms with Crippen molar-refractivity contribution >= 4 is 29.0 Å². The minimum absolute atomic E-state index is 0.167. The van der Waals surface area contributed by atoms with Gasteiger partial charge in [-0.15, -0.1) is 21.5 Å². The Balaban J connectivity index is 1.30. The molecule has 3 aromatic rings. The first-order valence-corrected chi connectivity index (χ1v) is 11.6. The molecule has 0 radical (unpaired) electrons. The molecule has 4 rings (SSSR count). The largest absolute Gasteiger partial charge is 0.339 e. The zero-order valence-corrected chi connectivity index (χ0v) is 18.4. The van der Waals surface area contributed by atoms with Gasteiger partial charge in [-0.25, -0.2) is 0 Å². The van der Waals surface area contributed by atoms with Crippen molar-refractivity contribution in [2.75, 3.05) is 31.9 Å². The predicted molar refractivity (Wildman–Crippen MR) is 118 cm³/mol. The van der Waals surface area contributed by atoms with E-state index in [4.69, 9.17) is 0 Å². The van der Waals surface area contributed by atoms with Crippen LogP contribution in [-0.2, 0) is 11.3 Å². The number of thiophene rings is 1. The number of aryl methyl sites for hydroxylation is 2. The van der Waals surface area contributed by atoms with Gasteiger partial charge in [-0.3, -0.25) is 14.3 Å². The third-order valence-corrected chi connectivity index (χ3v) is 7.08. The fraction of sp³-hybridized carbons (Fsp3) is 0.381. The molecule has 8 heteroatoms. The zero-order chi connectivity index (χ0) is 20.2. The molecule has 29 heavy (non-hydrogen) atoms. The summed E-state index contributed by atoms with van der Waals surface area (Å²) in [6.07, 6.45) is 1.71. The van der Waals surface area contributed by atoms with Crippen LogP contribution in [0.3, 0.4) is 0 Å². The van der Waals surface area contributed by atoms with Crippen LogP contribution in [0.5, 0.6) is 0 Å². The van der Waals surface area contributed by atoms with Crippen LogP contribution in [0.15, 0.2) is 47.2 Å². The first-order chi connectivity index (χ1) is 14.1. The second-order valence-electron chi connectivity index (χ2n) is 7.28. The zero-order valence-electron chi connectivity index (χ0n) is 16.7. The molecule has 1 amide bonds. The molecule has 1 aromatic carbocycles. The van der Waals surface area contributed by atoms with Crippen molar-refractivity contribution in [1.29, 1.82) is 0 Å². The van der Waals surface area contributed by atoms with Crippen LogP contribution in [0.2, 0.25) is 0 Å². The van der Waals surface area contributed by atoms with E-state index in [-0.39, 0.29) is 5.91 Å². The van der Waals surface area contributed by atoms with E-state index in [0.717, 1.165) is 43.6 Å². The number of nitrogens with zero attached hydrogens (tertiary/aromatic N) is 5. The number of hydrogen-bond acceptors (Lipinski definition) is 6. The number of aromatic nitrogens is 3. The summed E-state index contributed by atoms with van der Waals surface area (Å²) in [6, 6.07) is 10.5. The Morgan fingerprint density at radius 1 is 1.14 bits per heavy atom. The fourth-order valence-electron chi connectivity index (χ4n) is 3.37. The van der Waals surface area contributed by atoms with Crippen LogP contribution in [-0.4, -0.2) is 62.4 Å². The maximum Gasteiger partial charge on any atom is 0.233 e. The first-order valence-electron chi connectivity index (χ1n) is 9.73. The molecule has 0 unspecified atom stereocenters. The topological polar surface area (TPSA) is 54.3 Å². The molecule has 0 spiro atoms. The molecule has 0 bridgehead atoms. The number of amides is 1. The fourth-order valence-corrected chi connectivity index (χ4v) is 4.95. The van der Waals surface area contributed by atoms with E-state index in [1.807, 2.05) is 9.47 Å². The van der Waals surface area contributed by atoms with Crippen molar-refractivity contribution in [3.8, 4) is 5.69 Å². The number of thioether (sulfide) groups is 1. The van der Waals surface area contributed by atoms with Crippen LogP contribution < -0.4 is 0 Å². The molecular formula is C21H25N5OS2. The Morgan fingerprint density at radius 3 is 2.69 bits per heavy atom. The van der Waals surface area contributed by atoms with E-state index in [1.165, 1.54) is 27.8 Å². The average molecular weight is 428 g/mol. The molecule has 1 saturated heterocycles. The normalized spacial score (nSPS) is 15.0. The van der Waals surface area contributed by atoms with E-state index in [0.29, 0.717) is 5.75 Å². The second-order valence-corrected chi connectivity index (χ2v) is 9.25. The van der Waals surface area contributed by atoms with Crippen molar-refractivity contribution in [1.82, 2.24) is 24.6 Å². The first kappa shape index (κ1) is 20.1. The molecule has 0 atom stereocenters. The van der Waals surface area contributed by atoms with Crippen molar-refractivity contribution in [3.05, 3.63) is 58.0 Å². The number of benzene rings is 1. The van der Waals surface area contributed by atoms with Gasteiger partial charge in [-0.2, -0.15) is 0 Å². The second kappa shape index (κ2) is 9.11. The molecule has 1 aliphatic rings. The van der Waals surface area contributed by atoms with Gasteiger partial charge in [0.1, 0.15) is 6.33 Å². The van der Waals surface area contributed by atoms with Crippen LogP contribution >= 0.6 is 23.1 Å². The Bertz CT molecular complexity index is 961. The van der Waals surface area contributed by atoms with Crippen LogP contribution in [0.1, 0.15) is 16.0 Å². The summed E-state index contributed by atoms with van der Waals surface area (Å²) in [6.45, 7) is 8.59. The Morgan fingerprint density at radius 2 is 1.97 bits per heavy atom. The summed E-state index contributed by atoms with van der Waals surface area (Å²) >= 11 is 3.24. The molecule has 2 aromatic heterocycles. The van der Waals surface area contributed by atoms with Crippen molar-refractivity contribution in [2.24, 2.45) is 0 Å². The molecule has 0 aliphatic carbocycles. The van der Waals surface area contributed by atoms with Gasteiger partial charge in [-0.05, 0) is 48.6 Å². The van der Waals surface area contributed by atoms with Gasteiger partial charge in [0, 0.05) is 43.3 Å². The standard InChI is InChI=1S/C21H25N5OS2/c1-16-5-6-18(12-17(16)2)26-15-22-23-21(26)29-14-20(27)25-9-7-24(8-10-25)13-19-4-3-11-28-19/h3-6,11-12,15H,7-10,13-14H2,1-2H3. The van der Waals surface area contributed by atoms with E-state index in [1.54, 1.807) is 17.7 Å². The van der Waals surface area contributed by atoms with E-state index in [2.05, 4.69) is 64.7 Å². The smallest absolute Gasteiger partial charge is 0.233 e. The maximum atomic E-state index is 12.7. The lowest BCUT2D eigenvalue weighted by molar-refractivity contribution is -0.130. The average Bonchev–Trinajstić information content (AvgIpc) is 3.41. The van der Waals surface area contributed by atoms with Gasteiger partial charge in [0.15, 0.2) is 5.16 Å². The van der Waals surface area contributed by atoms with Crippen LogP contribution in [0.25, 0.3) is 5.69 Å². The number of hydrogen-bond donors (Lipinski definition) is 0. The monoisotopic (exact) mass is 427 g/mol. The third kappa shape index (κ3) is 4.88. The van der Waals surface area contributed by atoms with Crippen LogP contribution in [0.4, 0.5) is 0 Å². The lowest BCUT2D eigenvalue weighted by Gasteiger charge is -2.34. The number of carbonyl (C=O) groups excluding carboxylic acids is 1. The quantitative estimate of drug-likeness (QED) is 0.565. The van der Waals surface area contributed by atoms with Gasteiger partial charge in [0.05, 0.1) is 5.75 Å². The highest BCUT2D eigenvalue weighted by Crippen LogP contribution is 2.22. The SMILES string of the molecule is Cc1ccc(-n2cnnc2SCC(=O)N2CCN(Cc3cccs3)CC2)cc1C. The Labute approximate surface area is 179 Å². The third-order valence-electron chi connectivity index (χ3n) is 5.29. The highest BCUT2D eigenvalue weighted by atomic mass is 32.2. The minimum Gasteiger partial charge on any atom is -0.339 e. The predicted octanol–water partition coefficient (Wildman–Crippen LogP) is 3.38. The molecule has 0 N–H and O–H groups in total. The summed E-state index contributed by atoms with van der Waals surface area (Å²) in [5.41, 5.74) is 3.50. The van der Waals surface area contributed by atoms with Gasteiger partial charge < -0.3 is 4.90 Å². The van der Waals surface area contributed by atoms with Crippen LogP contribution in [0, 0.1) is 13.8 Å². The summed E-state index contributed by atoms with van der Waals surface area (Å²) in [7, 11) is 0. The highest BCUT2D eigenvalue weighted by Gasteiger charge is 2.22. The summed E-state index contributed by atoms with van der Waals surface area (Å²) in [4.78, 5) is 18.5. The highest BCUT2D eigenvalue weighted by molar-refractivity contribution is 7.99. The van der Waals surface area contributed by atoms with Gasteiger partial charge in [-0.1, -0.05) is 23.9 Å². The number of carbonyl (C=O) groups is 1. The van der Waals surface area contributed by atoms with E-state index < -0.39 is 0 Å². The maximum absolute atomic E-state index is 12.7. The lowest BCUT2D eigenvalue weighted by Crippen LogP contribution is -2.48.